The van der Waals surface area contributed by atoms with Gasteiger partial charge in [0.2, 0.25) is 21.8 Å². The Morgan fingerprint density at radius 1 is 1.09 bits per heavy atom. The smallest absolute Gasteiger partial charge is 0.243 e. The zero-order valence-corrected chi connectivity index (χ0v) is 21.7. The number of nitrogens with one attached hydrogen (secondary N) is 1. The molecule has 2 rings (SSSR count). The molecule has 1 atom stereocenters. The highest BCUT2D eigenvalue weighted by Crippen LogP contribution is 2.19. The number of carbonyl (C=O) groups excluding carboxylic acids is 2. The van der Waals surface area contributed by atoms with Crippen molar-refractivity contribution in [1.82, 2.24) is 14.5 Å². The second kappa shape index (κ2) is 12.2. The summed E-state index contributed by atoms with van der Waals surface area (Å²) in [6.07, 6.45) is 0. The summed E-state index contributed by atoms with van der Waals surface area (Å²) in [7, 11) is -1.06. The van der Waals surface area contributed by atoms with Crippen molar-refractivity contribution in [3.63, 3.8) is 0 Å². The van der Waals surface area contributed by atoms with Crippen LogP contribution in [0.2, 0.25) is 5.02 Å². The fourth-order valence-corrected chi connectivity index (χ4v) is 4.40. The van der Waals surface area contributed by atoms with E-state index in [9.17, 15) is 18.0 Å². The van der Waals surface area contributed by atoms with Crippen LogP contribution in [0.1, 0.15) is 26.3 Å². The molecule has 2 amide bonds. The lowest BCUT2D eigenvalue weighted by Gasteiger charge is -2.30. The summed E-state index contributed by atoms with van der Waals surface area (Å²) in [6, 6.07) is 12.1. The number of benzene rings is 2. The van der Waals surface area contributed by atoms with E-state index >= 15 is 0 Å². The molecule has 0 saturated heterocycles. The molecule has 0 aliphatic rings. The molecule has 186 valence electrons. The molecule has 0 spiro atoms. The molecule has 2 aromatic carbocycles. The summed E-state index contributed by atoms with van der Waals surface area (Å²) in [5, 5.41) is 3.24. The van der Waals surface area contributed by atoms with Gasteiger partial charge < -0.3 is 15.0 Å². The van der Waals surface area contributed by atoms with Crippen molar-refractivity contribution in [3.05, 3.63) is 59.1 Å². The van der Waals surface area contributed by atoms with Crippen molar-refractivity contribution in [2.24, 2.45) is 5.92 Å². The van der Waals surface area contributed by atoms with Crippen LogP contribution in [0.4, 0.5) is 0 Å². The molecule has 0 saturated carbocycles. The topological polar surface area (TPSA) is 96.0 Å². The SMILES string of the molecule is COc1cccc(CN(C(=O)CN(C)S(=O)(=O)c2ccc(Cl)cc2)[C@@H](C)C(=O)NCC(C)C)c1. The first-order valence-corrected chi connectivity index (χ1v) is 12.7. The molecular weight excluding hydrogens is 478 g/mol. The van der Waals surface area contributed by atoms with Crippen LogP contribution in [0, 0.1) is 5.92 Å². The number of rotatable bonds is 11. The highest BCUT2D eigenvalue weighted by atomic mass is 35.5. The Morgan fingerprint density at radius 2 is 1.74 bits per heavy atom. The van der Waals surface area contributed by atoms with E-state index in [4.69, 9.17) is 16.3 Å². The van der Waals surface area contributed by atoms with E-state index in [2.05, 4.69) is 5.32 Å². The van der Waals surface area contributed by atoms with Crippen molar-refractivity contribution in [3.8, 4) is 5.75 Å². The zero-order valence-electron chi connectivity index (χ0n) is 20.1. The Balaban J connectivity index is 2.27. The summed E-state index contributed by atoms with van der Waals surface area (Å²) in [6.45, 7) is 5.72. The van der Waals surface area contributed by atoms with Crippen LogP contribution in [0.3, 0.4) is 0 Å². The molecule has 10 heteroatoms. The third kappa shape index (κ3) is 7.44. The van der Waals surface area contributed by atoms with Gasteiger partial charge in [-0.1, -0.05) is 37.6 Å². The molecule has 0 aliphatic heterocycles. The average Bonchev–Trinajstić information content (AvgIpc) is 2.80. The predicted octanol–water partition coefficient (Wildman–Crippen LogP) is 3.16. The van der Waals surface area contributed by atoms with Crippen LogP contribution < -0.4 is 10.1 Å². The molecule has 0 radical (unpaired) electrons. The van der Waals surface area contributed by atoms with Gasteiger partial charge >= 0.3 is 0 Å². The van der Waals surface area contributed by atoms with E-state index in [-0.39, 0.29) is 23.3 Å². The van der Waals surface area contributed by atoms with Gasteiger partial charge in [-0.05, 0) is 54.8 Å². The number of hydrogen-bond acceptors (Lipinski definition) is 5. The number of nitrogens with zero attached hydrogens (tertiary/aromatic N) is 2. The van der Waals surface area contributed by atoms with Crippen LogP contribution in [-0.4, -0.2) is 62.7 Å². The average molecular weight is 510 g/mol. The normalized spacial score (nSPS) is 12.5. The molecule has 0 aliphatic carbocycles. The maximum atomic E-state index is 13.3. The van der Waals surface area contributed by atoms with Gasteiger partial charge in [-0.3, -0.25) is 9.59 Å². The van der Waals surface area contributed by atoms with Gasteiger partial charge in [-0.25, -0.2) is 8.42 Å². The van der Waals surface area contributed by atoms with E-state index in [0.29, 0.717) is 17.3 Å². The van der Waals surface area contributed by atoms with Crippen molar-refractivity contribution >= 4 is 33.4 Å². The Labute approximate surface area is 206 Å². The van der Waals surface area contributed by atoms with E-state index in [1.807, 2.05) is 19.9 Å². The fraction of sp³-hybridized carbons (Fsp3) is 0.417. The van der Waals surface area contributed by atoms with Crippen LogP contribution in [-0.2, 0) is 26.2 Å². The number of halogens is 1. The maximum Gasteiger partial charge on any atom is 0.243 e. The van der Waals surface area contributed by atoms with Gasteiger partial charge in [-0.2, -0.15) is 4.31 Å². The van der Waals surface area contributed by atoms with E-state index < -0.39 is 28.5 Å². The van der Waals surface area contributed by atoms with Crippen LogP contribution in [0.5, 0.6) is 5.75 Å². The minimum Gasteiger partial charge on any atom is -0.497 e. The number of hydrogen-bond donors (Lipinski definition) is 1. The summed E-state index contributed by atoms with van der Waals surface area (Å²) >= 11 is 5.86. The molecule has 0 aromatic heterocycles. The lowest BCUT2D eigenvalue weighted by molar-refractivity contribution is -0.140. The second-order valence-electron chi connectivity index (χ2n) is 8.40. The first-order valence-electron chi connectivity index (χ1n) is 10.9. The molecule has 0 heterocycles. The quantitative estimate of drug-likeness (QED) is 0.502. The Bertz CT molecular complexity index is 1090. The number of sulfonamides is 1. The van der Waals surface area contributed by atoms with Gasteiger partial charge in [0.1, 0.15) is 11.8 Å². The van der Waals surface area contributed by atoms with Gasteiger partial charge in [0, 0.05) is 25.2 Å². The Kier molecular flexibility index (Phi) is 9.90. The van der Waals surface area contributed by atoms with Crippen molar-refractivity contribution in [1.29, 1.82) is 0 Å². The molecule has 34 heavy (non-hydrogen) atoms. The number of ether oxygens (including phenoxy) is 1. The summed E-state index contributed by atoms with van der Waals surface area (Å²) in [4.78, 5) is 27.5. The van der Waals surface area contributed by atoms with Gasteiger partial charge in [0.05, 0.1) is 18.6 Å². The van der Waals surface area contributed by atoms with E-state index in [0.717, 1.165) is 9.87 Å². The molecule has 0 fully saturated rings. The number of carbonyl (C=O) groups is 2. The first kappa shape index (κ1) is 27.6. The van der Waals surface area contributed by atoms with E-state index in [1.165, 1.54) is 36.2 Å². The summed E-state index contributed by atoms with van der Waals surface area (Å²) in [5.74, 6) is 0.0433. The first-order chi connectivity index (χ1) is 15.9. The Hall–Kier alpha value is -2.62. The summed E-state index contributed by atoms with van der Waals surface area (Å²) < 4.78 is 32.1. The monoisotopic (exact) mass is 509 g/mol. The number of methoxy groups -OCH3 is 1. The van der Waals surface area contributed by atoms with Gasteiger partial charge in [0.25, 0.3) is 0 Å². The van der Waals surface area contributed by atoms with Gasteiger partial charge in [-0.15, -0.1) is 0 Å². The molecule has 0 bridgehead atoms. The predicted molar refractivity (Wildman–Crippen MR) is 132 cm³/mol. The maximum absolute atomic E-state index is 13.3. The van der Waals surface area contributed by atoms with Crippen molar-refractivity contribution in [2.75, 3.05) is 27.2 Å². The largest absolute Gasteiger partial charge is 0.497 e. The third-order valence-electron chi connectivity index (χ3n) is 5.22. The van der Waals surface area contributed by atoms with E-state index in [1.54, 1.807) is 32.2 Å². The lowest BCUT2D eigenvalue weighted by atomic mass is 10.1. The van der Waals surface area contributed by atoms with Gasteiger partial charge in [0.15, 0.2) is 0 Å². The third-order valence-corrected chi connectivity index (χ3v) is 7.29. The minimum atomic E-state index is -3.93. The second-order valence-corrected chi connectivity index (χ2v) is 10.9. The highest BCUT2D eigenvalue weighted by Gasteiger charge is 2.30. The molecule has 0 unspecified atom stereocenters. The standard InChI is InChI=1S/C24H32ClN3O5S/c1-17(2)14-26-24(30)18(3)28(15-19-7-6-8-21(13-19)33-5)23(29)16-27(4)34(31,32)22-11-9-20(25)10-12-22/h6-13,17-18H,14-16H2,1-5H3,(H,26,30)/t18-/m0/s1. The minimum absolute atomic E-state index is 0.0225. The molecule has 2 aromatic rings. The van der Waals surface area contributed by atoms with Crippen molar-refractivity contribution in [2.45, 2.75) is 38.3 Å². The molecule has 8 nitrogen and oxygen atoms in total. The molecular formula is C24H32ClN3O5S. The zero-order chi connectivity index (χ0) is 25.5. The van der Waals surface area contributed by atoms with Crippen LogP contribution in [0.25, 0.3) is 0 Å². The van der Waals surface area contributed by atoms with Crippen molar-refractivity contribution < 1.29 is 22.7 Å². The highest BCUT2D eigenvalue weighted by molar-refractivity contribution is 7.89. The number of likely N-dealkylation sites (N-methyl/N-ethyl adjacent to an activating group) is 1. The van der Waals surface area contributed by atoms with Crippen LogP contribution >= 0.6 is 11.6 Å². The number of amides is 2. The lowest BCUT2D eigenvalue weighted by Crippen LogP contribution is -2.51. The fourth-order valence-electron chi connectivity index (χ4n) is 3.16. The Morgan fingerprint density at radius 3 is 2.32 bits per heavy atom. The van der Waals surface area contributed by atoms with Crippen LogP contribution in [0.15, 0.2) is 53.4 Å². The summed E-state index contributed by atoms with van der Waals surface area (Å²) in [5.41, 5.74) is 0.749. The molecule has 1 N–H and O–H groups in total.